The van der Waals surface area contributed by atoms with Crippen molar-refractivity contribution in [1.82, 2.24) is 10.6 Å². The maximum Gasteiger partial charge on any atom is 0.225 e. The number of hydrogen-bond donors (Lipinski definition) is 3. The van der Waals surface area contributed by atoms with E-state index in [1.54, 1.807) is 0 Å². The van der Waals surface area contributed by atoms with Gasteiger partial charge in [0.05, 0.1) is 12.6 Å². The molecule has 1 aliphatic rings. The molecule has 1 amide bonds. The highest BCUT2D eigenvalue weighted by molar-refractivity contribution is 5.94. The van der Waals surface area contributed by atoms with E-state index in [1.165, 1.54) is 0 Å². The van der Waals surface area contributed by atoms with Crippen LogP contribution in [0.3, 0.4) is 0 Å². The van der Waals surface area contributed by atoms with Crippen molar-refractivity contribution in [3.8, 4) is 5.75 Å². The number of nitrogens with one attached hydrogen (secondary N) is 3. The van der Waals surface area contributed by atoms with E-state index in [0.29, 0.717) is 19.5 Å². The number of para-hydroxylation sites is 1. The van der Waals surface area contributed by atoms with Gasteiger partial charge in [-0.3, -0.25) is 4.79 Å². The summed E-state index contributed by atoms with van der Waals surface area (Å²) in [5, 5.41) is 9.62. The number of guanidine groups is 1. The highest BCUT2D eigenvalue weighted by Crippen LogP contribution is 2.31. The van der Waals surface area contributed by atoms with Crippen LogP contribution in [-0.4, -0.2) is 31.1 Å². The highest BCUT2D eigenvalue weighted by Gasteiger charge is 2.24. The second-order valence-electron chi connectivity index (χ2n) is 7.43. The zero-order valence-corrected chi connectivity index (χ0v) is 17.4. The Bertz CT molecular complexity index is 863. The van der Waals surface area contributed by atoms with Crippen molar-refractivity contribution in [2.24, 2.45) is 4.99 Å². The minimum Gasteiger partial charge on any atom is -0.491 e. The molecule has 0 aromatic heterocycles. The molecule has 0 fully saturated rings. The van der Waals surface area contributed by atoms with E-state index in [9.17, 15) is 4.79 Å². The number of benzene rings is 2. The van der Waals surface area contributed by atoms with Gasteiger partial charge in [0, 0.05) is 31.1 Å². The first-order valence-electron chi connectivity index (χ1n) is 10.2. The van der Waals surface area contributed by atoms with Crippen LogP contribution in [-0.2, 0) is 11.3 Å². The van der Waals surface area contributed by atoms with Gasteiger partial charge in [0.25, 0.3) is 0 Å². The maximum atomic E-state index is 12.0. The average molecular weight is 395 g/mol. The lowest BCUT2D eigenvalue weighted by atomic mass is 9.90. The standard InChI is InChI=1S/C23H30N4O2/c1-4-24-23(25-14-17-8-7-9-19(12-17)29-16(2)3)26-15-18-13-22(28)27-21-11-6-5-10-20(18)21/h5-12,16,18H,4,13-15H2,1-3H3,(H,27,28)(H2,24,25,26). The van der Waals surface area contributed by atoms with Crippen molar-refractivity contribution >= 4 is 17.6 Å². The van der Waals surface area contributed by atoms with E-state index < -0.39 is 0 Å². The molecule has 1 heterocycles. The summed E-state index contributed by atoms with van der Waals surface area (Å²) < 4.78 is 5.76. The van der Waals surface area contributed by atoms with E-state index in [4.69, 9.17) is 9.73 Å². The maximum absolute atomic E-state index is 12.0. The summed E-state index contributed by atoms with van der Waals surface area (Å²) in [4.78, 5) is 16.7. The second-order valence-corrected chi connectivity index (χ2v) is 7.43. The molecule has 29 heavy (non-hydrogen) atoms. The topological polar surface area (TPSA) is 74.8 Å². The van der Waals surface area contributed by atoms with Gasteiger partial charge in [-0.25, -0.2) is 4.99 Å². The van der Waals surface area contributed by atoms with Gasteiger partial charge in [-0.15, -0.1) is 0 Å². The van der Waals surface area contributed by atoms with Gasteiger partial charge in [-0.05, 0) is 50.1 Å². The number of carbonyl (C=O) groups excluding carboxylic acids is 1. The van der Waals surface area contributed by atoms with E-state index in [1.807, 2.05) is 63.2 Å². The van der Waals surface area contributed by atoms with Crippen LogP contribution in [0.15, 0.2) is 53.5 Å². The predicted octanol–water partition coefficient (Wildman–Crippen LogP) is 3.65. The summed E-state index contributed by atoms with van der Waals surface area (Å²) in [6.07, 6.45) is 0.612. The van der Waals surface area contributed by atoms with Crippen molar-refractivity contribution in [2.75, 3.05) is 18.4 Å². The van der Waals surface area contributed by atoms with Crippen molar-refractivity contribution in [2.45, 2.75) is 45.8 Å². The van der Waals surface area contributed by atoms with Crippen LogP contribution in [0.4, 0.5) is 5.69 Å². The Hall–Kier alpha value is -3.02. The number of nitrogens with zero attached hydrogens (tertiary/aromatic N) is 1. The first kappa shape index (κ1) is 20.7. The number of aliphatic imine (C=N–C) groups is 1. The third kappa shape index (κ3) is 5.98. The molecule has 0 spiro atoms. The smallest absolute Gasteiger partial charge is 0.225 e. The molecule has 6 heteroatoms. The molecule has 3 rings (SSSR count). The van der Waals surface area contributed by atoms with Crippen LogP contribution >= 0.6 is 0 Å². The summed E-state index contributed by atoms with van der Waals surface area (Å²) in [5.74, 6) is 1.77. The van der Waals surface area contributed by atoms with Crippen LogP contribution < -0.4 is 20.7 Å². The fourth-order valence-electron chi connectivity index (χ4n) is 3.41. The lowest BCUT2D eigenvalue weighted by Gasteiger charge is -2.26. The van der Waals surface area contributed by atoms with Crippen LogP contribution in [0.25, 0.3) is 0 Å². The van der Waals surface area contributed by atoms with Gasteiger partial charge in [0.15, 0.2) is 5.96 Å². The zero-order chi connectivity index (χ0) is 20.6. The molecule has 2 aromatic rings. The number of anilines is 1. The van der Waals surface area contributed by atoms with Gasteiger partial charge >= 0.3 is 0 Å². The first-order valence-corrected chi connectivity index (χ1v) is 10.2. The van der Waals surface area contributed by atoms with E-state index in [0.717, 1.165) is 35.1 Å². The monoisotopic (exact) mass is 394 g/mol. The van der Waals surface area contributed by atoms with Crippen LogP contribution in [0.5, 0.6) is 5.75 Å². The average Bonchev–Trinajstić information content (AvgIpc) is 2.69. The molecule has 0 saturated carbocycles. The molecule has 1 atom stereocenters. The normalized spacial score (nSPS) is 16.2. The van der Waals surface area contributed by atoms with Crippen molar-refractivity contribution < 1.29 is 9.53 Å². The Morgan fingerprint density at radius 3 is 2.83 bits per heavy atom. The molecule has 1 aliphatic heterocycles. The molecule has 154 valence electrons. The Morgan fingerprint density at radius 1 is 1.21 bits per heavy atom. The lowest BCUT2D eigenvalue weighted by molar-refractivity contribution is -0.116. The third-order valence-corrected chi connectivity index (χ3v) is 4.66. The van der Waals surface area contributed by atoms with Crippen molar-refractivity contribution in [3.05, 3.63) is 59.7 Å². The lowest BCUT2D eigenvalue weighted by Crippen LogP contribution is -2.40. The summed E-state index contributed by atoms with van der Waals surface area (Å²) in [5.41, 5.74) is 3.15. The van der Waals surface area contributed by atoms with Crippen molar-refractivity contribution in [1.29, 1.82) is 0 Å². The Kier molecular flexibility index (Phi) is 7.11. The van der Waals surface area contributed by atoms with Gasteiger partial charge in [-0.1, -0.05) is 30.3 Å². The number of fused-ring (bicyclic) bond motifs is 1. The minimum atomic E-state index is 0.0550. The molecular weight excluding hydrogens is 364 g/mol. The number of ether oxygens (including phenoxy) is 1. The Morgan fingerprint density at radius 2 is 2.03 bits per heavy atom. The van der Waals surface area contributed by atoms with Crippen LogP contribution in [0.1, 0.15) is 44.2 Å². The Balaban J connectivity index is 1.65. The first-order chi connectivity index (χ1) is 14.0. The quantitative estimate of drug-likeness (QED) is 0.495. The number of rotatable bonds is 7. The van der Waals surface area contributed by atoms with E-state index in [2.05, 4.69) is 22.0 Å². The fourth-order valence-corrected chi connectivity index (χ4v) is 3.41. The molecule has 3 N–H and O–H groups in total. The molecular formula is C23H30N4O2. The van der Waals surface area contributed by atoms with Gasteiger partial charge < -0.3 is 20.7 Å². The fraction of sp³-hybridized carbons (Fsp3) is 0.391. The van der Waals surface area contributed by atoms with Crippen LogP contribution in [0.2, 0.25) is 0 Å². The minimum absolute atomic E-state index is 0.0550. The highest BCUT2D eigenvalue weighted by atomic mass is 16.5. The molecule has 6 nitrogen and oxygen atoms in total. The molecule has 1 unspecified atom stereocenters. The predicted molar refractivity (Wildman–Crippen MR) is 117 cm³/mol. The molecule has 0 radical (unpaired) electrons. The molecule has 0 bridgehead atoms. The van der Waals surface area contributed by atoms with Gasteiger partial charge in [0.2, 0.25) is 5.91 Å². The molecule has 0 aliphatic carbocycles. The summed E-state index contributed by atoms with van der Waals surface area (Å²) in [6.45, 7) is 8.03. The van der Waals surface area contributed by atoms with Gasteiger partial charge in [0.1, 0.15) is 5.75 Å². The van der Waals surface area contributed by atoms with Crippen molar-refractivity contribution in [3.63, 3.8) is 0 Å². The second kappa shape index (κ2) is 9.96. The molecule has 2 aromatic carbocycles. The zero-order valence-electron chi connectivity index (χ0n) is 17.4. The van der Waals surface area contributed by atoms with Crippen LogP contribution in [0, 0.1) is 0 Å². The number of hydrogen-bond acceptors (Lipinski definition) is 3. The van der Waals surface area contributed by atoms with E-state index in [-0.39, 0.29) is 17.9 Å². The summed E-state index contributed by atoms with van der Waals surface area (Å²) in [6, 6.07) is 16.0. The molecule has 0 saturated heterocycles. The third-order valence-electron chi connectivity index (χ3n) is 4.66. The van der Waals surface area contributed by atoms with E-state index >= 15 is 0 Å². The number of carbonyl (C=O) groups is 1. The Labute approximate surface area is 172 Å². The van der Waals surface area contributed by atoms with Gasteiger partial charge in [-0.2, -0.15) is 0 Å². The number of amides is 1. The summed E-state index contributed by atoms with van der Waals surface area (Å²) >= 11 is 0. The largest absolute Gasteiger partial charge is 0.491 e. The summed E-state index contributed by atoms with van der Waals surface area (Å²) in [7, 11) is 0. The SMILES string of the molecule is CCNC(=NCc1cccc(OC(C)C)c1)NCC1CC(=O)Nc2ccccc21.